The standard InChI is InChI=1S/C24H29N5O2.CH2O2/c1-3-25-24(30)29-6-4-16-8-17(18-10-19-15(2)11-27-23(19)28-12-18)9-20(21(16)13-29)22-14-31-7-5-26-22;2-1-3/h8-12,22,26H,3-7,13-14H2,1-2H3,(H,25,30)(H,27,28);1H,(H,2,3)/t22-;/m0./s1. The number of fused-ring (bicyclic) bond motifs is 2. The molecule has 34 heavy (non-hydrogen) atoms. The van der Waals surface area contributed by atoms with Gasteiger partial charge in [0.15, 0.2) is 0 Å². The molecule has 3 aromatic rings. The Morgan fingerprint density at radius 3 is 2.91 bits per heavy atom. The summed E-state index contributed by atoms with van der Waals surface area (Å²) < 4.78 is 5.78. The molecule has 0 bridgehead atoms. The maximum atomic E-state index is 12.5. The first-order valence-corrected chi connectivity index (χ1v) is 11.6. The Morgan fingerprint density at radius 1 is 1.35 bits per heavy atom. The topological polar surface area (TPSA) is 120 Å². The predicted molar refractivity (Wildman–Crippen MR) is 130 cm³/mol. The van der Waals surface area contributed by atoms with Crippen molar-refractivity contribution in [2.75, 3.05) is 32.8 Å². The van der Waals surface area contributed by atoms with Crippen LogP contribution < -0.4 is 10.6 Å². The number of aromatic nitrogens is 2. The summed E-state index contributed by atoms with van der Waals surface area (Å²) >= 11 is 0. The third-order valence-electron chi connectivity index (χ3n) is 6.36. The molecule has 9 nitrogen and oxygen atoms in total. The van der Waals surface area contributed by atoms with E-state index in [1.165, 1.54) is 27.8 Å². The number of aryl methyl sites for hydroxylation is 1. The fraction of sp³-hybridized carbons (Fsp3) is 0.400. The normalized spacial score (nSPS) is 17.5. The maximum Gasteiger partial charge on any atom is 0.317 e. The molecule has 2 amide bonds. The molecule has 180 valence electrons. The summed E-state index contributed by atoms with van der Waals surface area (Å²) in [5.41, 5.74) is 8.18. The first-order chi connectivity index (χ1) is 16.5. The fourth-order valence-corrected chi connectivity index (χ4v) is 4.67. The van der Waals surface area contributed by atoms with E-state index in [1.807, 2.05) is 24.2 Å². The van der Waals surface area contributed by atoms with Crippen LogP contribution in [0.1, 0.15) is 35.2 Å². The van der Waals surface area contributed by atoms with E-state index in [0.29, 0.717) is 19.7 Å². The van der Waals surface area contributed by atoms with Crippen LogP contribution in [0.2, 0.25) is 0 Å². The zero-order chi connectivity index (χ0) is 24.1. The van der Waals surface area contributed by atoms with Crippen LogP contribution in [0.4, 0.5) is 4.79 Å². The number of ether oxygens (including phenoxy) is 1. The average molecular weight is 466 g/mol. The number of aromatic amines is 1. The van der Waals surface area contributed by atoms with Crippen LogP contribution in [0.5, 0.6) is 0 Å². The molecular weight excluding hydrogens is 434 g/mol. The smallest absolute Gasteiger partial charge is 0.317 e. The quantitative estimate of drug-likeness (QED) is 0.442. The summed E-state index contributed by atoms with van der Waals surface area (Å²) in [6.45, 7) is 8.01. The van der Waals surface area contributed by atoms with Crippen molar-refractivity contribution in [3.8, 4) is 11.1 Å². The summed E-state index contributed by atoms with van der Waals surface area (Å²) in [6.07, 6.45) is 4.79. The molecule has 2 aliphatic rings. The van der Waals surface area contributed by atoms with Crippen molar-refractivity contribution in [1.82, 2.24) is 25.5 Å². The molecule has 9 heteroatoms. The summed E-state index contributed by atoms with van der Waals surface area (Å²) in [5, 5.41) is 14.6. The Morgan fingerprint density at radius 2 is 2.18 bits per heavy atom. The Bertz CT molecular complexity index is 1170. The molecular formula is C25H31N5O4. The number of benzene rings is 1. The van der Waals surface area contributed by atoms with Crippen LogP contribution in [0, 0.1) is 6.92 Å². The lowest BCUT2D eigenvalue weighted by Gasteiger charge is -2.34. The number of nitrogens with zero attached hydrogens (tertiary/aromatic N) is 2. The highest BCUT2D eigenvalue weighted by Crippen LogP contribution is 2.34. The SMILES string of the molecule is CCNC(=O)N1CCc2cc(-c3cnc4[nH]cc(C)c4c3)cc([C@@H]3COCCN3)c2C1.O=CO. The van der Waals surface area contributed by atoms with E-state index >= 15 is 0 Å². The Balaban J connectivity index is 0.000000868. The van der Waals surface area contributed by atoms with E-state index in [-0.39, 0.29) is 18.5 Å². The van der Waals surface area contributed by atoms with Crippen molar-refractivity contribution >= 4 is 23.5 Å². The number of urea groups is 1. The minimum atomic E-state index is -0.250. The van der Waals surface area contributed by atoms with Gasteiger partial charge in [0.2, 0.25) is 0 Å². The molecule has 2 aliphatic heterocycles. The van der Waals surface area contributed by atoms with Gasteiger partial charge in [-0.15, -0.1) is 0 Å². The van der Waals surface area contributed by atoms with Crippen LogP contribution >= 0.6 is 0 Å². The van der Waals surface area contributed by atoms with E-state index < -0.39 is 0 Å². The van der Waals surface area contributed by atoms with Crippen molar-refractivity contribution in [3.05, 3.63) is 52.8 Å². The molecule has 1 fully saturated rings. The molecule has 1 atom stereocenters. The number of carbonyl (C=O) groups is 2. The van der Waals surface area contributed by atoms with E-state index in [0.717, 1.165) is 42.7 Å². The van der Waals surface area contributed by atoms with Crippen LogP contribution in [0.15, 0.2) is 30.6 Å². The predicted octanol–water partition coefficient (Wildman–Crippen LogP) is 2.99. The molecule has 0 spiro atoms. The van der Waals surface area contributed by atoms with Gasteiger partial charge in [-0.3, -0.25) is 4.79 Å². The molecule has 1 saturated heterocycles. The largest absolute Gasteiger partial charge is 0.483 e. The number of pyridine rings is 1. The van der Waals surface area contributed by atoms with Crippen LogP contribution in [-0.2, 0) is 22.5 Å². The van der Waals surface area contributed by atoms with Gasteiger partial charge in [0.1, 0.15) is 5.65 Å². The molecule has 0 unspecified atom stereocenters. The van der Waals surface area contributed by atoms with Gasteiger partial charge in [0.25, 0.3) is 6.47 Å². The van der Waals surface area contributed by atoms with Gasteiger partial charge in [-0.2, -0.15) is 0 Å². The number of hydrogen-bond donors (Lipinski definition) is 4. The Kier molecular flexibility index (Phi) is 7.44. The lowest BCUT2D eigenvalue weighted by molar-refractivity contribution is -0.122. The van der Waals surface area contributed by atoms with E-state index in [9.17, 15) is 4.79 Å². The molecule has 2 aromatic heterocycles. The maximum absolute atomic E-state index is 12.5. The molecule has 1 aromatic carbocycles. The number of hydrogen-bond acceptors (Lipinski definition) is 5. The minimum absolute atomic E-state index is 0.00798. The number of carbonyl (C=O) groups excluding carboxylic acids is 1. The van der Waals surface area contributed by atoms with Gasteiger partial charge in [-0.1, -0.05) is 6.07 Å². The number of rotatable bonds is 3. The van der Waals surface area contributed by atoms with E-state index in [4.69, 9.17) is 14.6 Å². The number of nitrogens with one attached hydrogen (secondary N) is 3. The van der Waals surface area contributed by atoms with Crippen LogP contribution in [0.3, 0.4) is 0 Å². The Labute approximate surface area is 198 Å². The number of morpholine rings is 1. The average Bonchev–Trinajstić information content (AvgIpc) is 3.24. The summed E-state index contributed by atoms with van der Waals surface area (Å²) in [6, 6.07) is 6.89. The zero-order valence-corrected chi connectivity index (χ0v) is 19.6. The summed E-state index contributed by atoms with van der Waals surface area (Å²) in [7, 11) is 0. The number of H-pyrrole nitrogens is 1. The highest BCUT2D eigenvalue weighted by atomic mass is 16.5. The second-order valence-electron chi connectivity index (χ2n) is 8.49. The monoisotopic (exact) mass is 465 g/mol. The zero-order valence-electron chi connectivity index (χ0n) is 19.6. The first-order valence-electron chi connectivity index (χ1n) is 11.6. The van der Waals surface area contributed by atoms with Crippen molar-refractivity contribution in [3.63, 3.8) is 0 Å². The molecule has 5 rings (SSSR count). The van der Waals surface area contributed by atoms with Crippen LogP contribution in [0.25, 0.3) is 22.2 Å². The number of amides is 2. The molecule has 4 N–H and O–H groups in total. The Hall–Kier alpha value is -3.43. The van der Waals surface area contributed by atoms with Gasteiger partial charge >= 0.3 is 6.03 Å². The highest BCUT2D eigenvalue weighted by Gasteiger charge is 2.27. The minimum Gasteiger partial charge on any atom is -0.483 e. The van der Waals surface area contributed by atoms with Gasteiger partial charge < -0.3 is 30.4 Å². The lowest BCUT2D eigenvalue weighted by atomic mass is 9.87. The fourth-order valence-electron chi connectivity index (χ4n) is 4.67. The summed E-state index contributed by atoms with van der Waals surface area (Å²) in [4.78, 5) is 30.6. The van der Waals surface area contributed by atoms with Crippen LogP contribution in [-0.4, -0.2) is 65.3 Å². The third-order valence-corrected chi connectivity index (χ3v) is 6.36. The molecule has 0 saturated carbocycles. The van der Waals surface area contributed by atoms with E-state index in [2.05, 4.69) is 45.7 Å². The van der Waals surface area contributed by atoms with Gasteiger partial charge in [-0.05, 0) is 60.2 Å². The molecule has 0 radical (unpaired) electrons. The van der Waals surface area contributed by atoms with Gasteiger partial charge in [0.05, 0.1) is 19.3 Å². The van der Waals surface area contributed by atoms with Crippen molar-refractivity contribution < 1.29 is 19.4 Å². The first kappa shape index (κ1) is 23.7. The highest BCUT2D eigenvalue weighted by molar-refractivity contribution is 5.84. The van der Waals surface area contributed by atoms with Gasteiger partial charge in [0, 0.05) is 49.5 Å². The second kappa shape index (κ2) is 10.7. The summed E-state index contributed by atoms with van der Waals surface area (Å²) in [5.74, 6) is 0. The molecule has 0 aliphatic carbocycles. The van der Waals surface area contributed by atoms with Gasteiger partial charge in [-0.25, -0.2) is 9.78 Å². The molecule has 4 heterocycles. The third kappa shape index (κ3) is 4.90. The van der Waals surface area contributed by atoms with E-state index in [1.54, 1.807) is 0 Å². The van der Waals surface area contributed by atoms with Crippen molar-refractivity contribution in [1.29, 1.82) is 0 Å². The van der Waals surface area contributed by atoms with Crippen molar-refractivity contribution in [2.45, 2.75) is 32.9 Å². The van der Waals surface area contributed by atoms with Crippen molar-refractivity contribution in [2.24, 2.45) is 0 Å². The lowest BCUT2D eigenvalue weighted by Crippen LogP contribution is -2.43. The number of carboxylic acid groups (broad SMARTS) is 1. The second-order valence-corrected chi connectivity index (χ2v) is 8.49.